The number of oxime groups is 1. The molecule has 0 saturated carbocycles. The Bertz CT molecular complexity index is 831. The van der Waals surface area contributed by atoms with Crippen molar-refractivity contribution >= 4 is 33.7 Å². The standard InChI is InChI=1S/C18H17BrF2N2O4/c1-11-7-13(4-5-14(11)19)23-17(24)10-26-22-9-12-3-6-15(27-18(20)21)16(8-12)25-2/h3-9,18H,10H2,1-2H3,(H,23,24)/b22-9+. The van der Waals surface area contributed by atoms with Crippen molar-refractivity contribution in [2.45, 2.75) is 13.5 Å². The molecule has 2 rings (SSSR count). The molecule has 0 unspecified atom stereocenters. The van der Waals surface area contributed by atoms with E-state index in [-0.39, 0.29) is 24.0 Å². The lowest BCUT2D eigenvalue weighted by Crippen LogP contribution is -2.17. The number of amides is 1. The molecule has 0 aliphatic rings. The van der Waals surface area contributed by atoms with Crippen LogP contribution in [0.1, 0.15) is 11.1 Å². The Kier molecular flexibility index (Phi) is 7.54. The van der Waals surface area contributed by atoms with E-state index in [0.29, 0.717) is 11.3 Å². The molecule has 0 bridgehead atoms. The number of rotatable bonds is 8. The fourth-order valence-corrected chi connectivity index (χ4v) is 2.32. The molecule has 0 atom stereocenters. The molecule has 0 aliphatic heterocycles. The Hall–Kier alpha value is -2.68. The lowest BCUT2D eigenvalue weighted by Gasteiger charge is -2.09. The fraction of sp³-hybridized carbons (Fsp3) is 0.222. The van der Waals surface area contributed by atoms with Gasteiger partial charge in [-0.05, 0) is 48.9 Å². The van der Waals surface area contributed by atoms with E-state index in [1.807, 2.05) is 19.1 Å². The first-order valence-corrected chi connectivity index (χ1v) is 8.52. The number of anilines is 1. The molecule has 0 aromatic heterocycles. The van der Waals surface area contributed by atoms with Crippen molar-refractivity contribution in [3.63, 3.8) is 0 Å². The predicted molar refractivity (Wildman–Crippen MR) is 101 cm³/mol. The molecular weight excluding hydrogens is 426 g/mol. The molecular formula is C18H17BrF2N2O4. The Morgan fingerprint density at radius 1 is 1.26 bits per heavy atom. The van der Waals surface area contributed by atoms with Crippen LogP contribution >= 0.6 is 15.9 Å². The minimum Gasteiger partial charge on any atom is -0.493 e. The average molecular weight is 443 g/mol. The van der Waals surface area contributed by atoms with Crippen LogP contribution in [0.25, 0.3) is 0 Å². The van der Waals surface area contributed by atoms with Crippen LogP contribution in [0.4, 0.5) is 14.5 Å². The number of carbonyl (C=O) groups is 1. The van der Waals surface area contributed by atoms with Crippen LogP contribution in [-0.2, 0) is 9.63 Å². The molecule has 2 aromatic carbocycles. The molecule has 1 N–H and O–H groups in total. The van der Waals surface area contributed by atoms with Gasteiger partial charge in [0.05, 0.1) is 13.3 Å². The topological polar surface area (TPSA) is 69.2 Å². The van der Waals surface area contributed by atoms with E-state index in [0.717, 1.165) is 10.0 Å². The summed E-state index contributed by atoms with van der Waals surface area (Å²) >= 11 is 3.38. The van der Waals surface area contributed by atoms with Crippen molar-refractivity contribution in [3.8, 4) is 11.5 Å². The van der Waals surface area contributed by atoms with Gasteiger partial charge in [0.15, 0.2) is 18.1 Å². The number of nitrogens with zero attached hydrogens (tertiary/aromatic N) is 1. The van der Waals surface area contributed by atoms with Gasteiger partial charge in [0.1, 0.15) is 0 Å². The zero-order valence-corrected chi connectivity index (χ0v) is 16.1. The van der Waals surface area contributed by atoms with Gasteiger partial charge in [-0.1, -0.05) is 21.1 Å². The zero-order chi connectivity index (χ0) is 19.8. The molecule has 27 heavy (non-hydrogen) atoms. The summed E-state index contributed by atoms with van der Waals surface area (Å²) in [5.74, 6) is -0.329. The first kappa shape index (κ1) is 20.6. The molecule has 144 valence electrons. The maximum Gasteiger partial charge on any atom is 0.387 e. The van der Waals surface area contributed by atoms with E-state index in [9.17, 15) is 13.6 Å². The number of ether oxygens (including phenoxy) is 2. The first-order chi connectivity index (χ1) is 12.9. The van der Waals surface area contributed by atoms with Gasteiger partial charge in [0, 0.05) is 15.7 Å². The largest absolute Gasteiger partial charge is 0.493 e. The van der Waals surface area contributed by atoms with Crippen LogP contribution < -0.4 is 14.8 Å². The maximum absolute atomic E-state index is 12.3. The minimum absolute atomic E-state index is 0.0882. The van der Waals surface area contributed by atoms with Crippen LogP contribution in [0.2, 0.25) is 0 Å². The third kappa shape index (κ3) is 6.52. The molecule has 0 aliphatic carbocycles. The molecule has 9 heteroatoms. The number of carbonyl (C=O) groups excluding carboxylic acids is 1. The number of halogens is 3. The molecule has 0 fully saturated rings. The van der Waals surface area contributed by atoms with E-state index >= 15 is 0 Å². The summed E-state index contributed by atoms with van der Waals surface area (Å²) in [5.41, 5.74) is 2.16. The second-order valence-corrected chi connectivity index (χ2v) is 6.16. The Morgan fingerprint density at radius 2 is 2.04 bits per heavy atom. The summed E-state index contributed by atoms with van der Waals surface area (Å²) in [7, 11) is 1.33. The smallest absolute Gasteiger partial charge is 0.387 e. The molecule has 0 radical (unpaired) electrons. The summed E-state index contributed by atoms with van der Waals surface area (Å²) in [6.45, 7) is -1.32. The molecule has 0 heterocycles. The number of hydrogen-bond acceptors (Lipinski definition) is 5. The molecule has 6 nitrogen and oxygen atoms in total. The van der Waals surface area contributed by atoms with Gasteiger partial charge >= 0.3 is 6.61 Å². The summed E-state index contributed by atoms with van der Waals surface area (Å²) in [6.07, 6.45) is 1.33. The van der Waals surface area contributed by atoms with E-state index in [4.69, 9.17) is 9.57 Å². The van der Waals surface area contributed by atoms with Gasteiger partial charge in [-0.15, -0.1) is 0 Å². The predicted octanol–water partition coefficient (Wildman–Crippen LogP) is 4.36. The number of methoxy groups -OCH3 is 1. The highest BCUT2D eigenvalue weighted by atomic mass is 79.9. The van der Waals surface area contributed by atoms with Gasteiger partial charge in [0.25, 0.3) is 5.91 Å². The van der Waals surface area contributed by atoms with Crippen LogP contribution in [0.15, 0.2) is 46.0 Å². The lowest BCUT2D eigenvalue weighted by molar-refractivity contribution is -0.120. The maximum atomic E-state index is 12.3. The molecule has 2 aromatic rings. The second-order valence-electron chi connectivity index (χ2n) is 5.31. The van der Waals surface area contributed by atoms with Crippen molar-refractivity contribution in [2.75, 3.05) is 19.0 Å². The summed E-state index contributed by atoms with van der Waals surface area (Å²) in [4.78, 5) is 16.8. The third-order valence-electron chi connectivity index (χ3n) is 3.32. The van der Waals surface area contributed by atoms with Crippen molar-refractivity contribution in [1.82, 2.24) is 0 Å². The molecule has 1 amide bonds. The van der Waals surface area contributed by atoms with Gasteiger partial charge in [0.2, 0.25) is 0 Å². The summed E-state index contributed by atoms with van der Waals surface area (Å²) < 4.78 is 34.9. The number of benzene rings is 2. The van der Waals surface area contributed by atoms with Gasteiger partial charge in [-0.25, -0.2) is 0 Å². The first-order valence-electron chi connectivity index (χ1n) is 7.73. The van der Waals surface area contributed by atoms with E-state index in [2.05, 4.69) is 31.1 Å². The average Bonchev–Trinajstić information content (AvgIpc) is 2.62. The normalized spacial score (nSPS) is 10.9. The van der Waals surface area contributed by atoms with Crippen molar-refractivity contribution in [3.05, 3.63) is 52.0 Å². The summed E-state index contributed by atoms with van der Waals surface area (Å²) in [5, 5.41) is 6.37. The second kappa shape index (κ2) is 9.86. The number of aryl methyl sites for hydroxylation is 1. The van der Waals surface area contributed by atoms with Crippen LogP contribution in [0, 0.1) is 6.92 Å². The van der Waals surface area contributed by atoms with Gasteiger partial charge in [-0.2, -0.15) is 8.78 Å². The van der Waals surface area contributed by atoms with Crippen molar-refractivity contribution < 1.29 is 27.9 Å². The van der Waals surface area contributed by atoms with Gasteiger partial charge in [-0.3, -0.25) is 4.79 Å². The Morgan fingerprint density at radius 3 is 2.70 bits per heavy atom. The van der Waals surface area contributed by atoms with Crippen molar-refractivity contribution in [1.29, 1.82) is 0 Å². The summed E-state index contributed by atoms with van der Waals surface area (Å²) in [6, 6.07) is 9.69. The number of alkyl halides is 2. The third-order valence-corrected chi connectivity index (χ3v) is 4.21. The minimum atomic E-state index is -2.95. The Labute approximate surface area is 163 Å². The highest BCUT2D eigenvalue weighted by molar-refractivity contribution is 9.10. The number of hydrogen-bond donors (Lipinski definition) is 1. The molecule has 0 spiro atoms. The number of nitrogens with one attached hydrogen (secondary N) is 1. The van der Waals surface area contributed by atoms with Crippen molar-refractivity contribution in [2.24, 2.45) is 5.16 Å². The highest BCUT2D eigenvalue weighted by Crippen LogP contribution is 2.28. The lowest BCUT2D eigenvalue weighted by atomic mass is 10.2. The Balaban J connectivity index is 1.87. The quantitative estimate of drug-likeness (QED) is 0.487. The van der Waals surface area contributed by atoms with E-state index < -0.39 is 6.61 Å². The van der Waals surface area contributed by atoms with Gasteiger partial charge < -0.3 is 19.6 Å². The highest BCUT2D eigenvalue weighted by Gasteiger charge is 2.10. The van der Waals surface area contributed by atoms with E-state index in [1.165, 1.54) is 31.5 Å². The van der Waals surface area contributed by atoms with E-state index in [1.54, 1.807) is 6.07 Å². The van der Waals surface area contributed by atoms with Crippen LogP contribution in [-0.4, -0.2) is 32.4 Å². The monoisotopic (exact) mass is 442 g/mol. The van der Waals surface area contributed by atoms with Crippen LogP contribution in [0.3, 0.4) is 0 Å². The zero-order valence-electron chi connectivity index (χ0n) is 14.5. The molecule has 0 saturated heterocycles. The SMILES string of the molecule is COc1cc(/C=N/OCC(=O)Nc2ccc(Br)c(C)c2)ccc1OC(F)F. The van der Waals surface area contributed by atoms with Crippen LogP contribution in [0.5, 0.6) is 11.5 Å². The fourth-order valence-electron chi connectivity index (χ4n) is 2.07.